The number of alkyl halides is 1. The van der Waals surface area contributed by atoms with Gasteiger partial charge < -0.3 is 4.74 Å². The van der Waals surface area contributed by atoms with Crippen LogP contribution in [0.3, 0.4) is 0 Å². The van der Waals surface area contributed by atoms with Gasteiger partial charge >= 0.3 is 0 Å². The van der Waals surface area contributed by atoms with E-state index in [1.54, 1.807) is 0 Å². The van der Waals surface area contributed by atoms with E-state index in [4.69, 9.17) is 27.9 Å². The average Bonchev–Trinajstić information content (AvgIpc) is 2.48. The third kappa shape index (κ3) is 1.60. The molecule has 3 nitrogen and oxygen atoms in total. The Labute approximate surface area is 92.4 Å². The maximum atomic E-state index is 6.02. The highest BCUT2D eigenvalue weighted by molar-refractivity contribution is 6.30. The topological polar surface area (TPSA) is 35.0 Å². The number of hydrogen-bond acceptors (Lipinski definition) is 3. The molecule has 0 amide bonds. The van der Waals surface area contributed by atoms with Crippen molar-refractivity contribution in [1.82, 2.24) is 9.97 Å². The van der Waals surface area contributed by atoms with Crippen LogP contribution in [0.2, 0.25) is 5.15 Å². The highest BCUT2D eigenvalue weighted by Crippen LogP contribution is 2.34. The lowest BCUT2D eigenvalue weighted by molar-refractivity contribution is 0.0786. The van der Waals surface area contributed by atoms with Gasteiger partial charge in [0.1, 0.15) is 11.0 Å². The molecule has 0 aromatic carbocycles. The largest absolute Gasteiger partial charge is 0.367 e. The third-order valence-electron chi connectivity index (χ3n) is 2.23. The molecule has 0 saturated carbocycles. The van der Waals surface area contributed by atoms with E-state index in [-0.39, 0.29) is 11.5 Å². The van der Waals surface area contributed by atoms with Crippen molar-refractivity contribution < 1.29 is 4.74 Å². The predicted molar refractivity (Wildman–Crippen MR) is 54.5 cm³/mol. The van der Waals surface area contributed by atoms with Crippen molar-refractivity contribution in [2.24, 2.45) is 0 Å². The minimum absolute atomic E-state index is 0.0165. The molecule has 5 heteroatoms. The quantitative estimate of drug-likeness (QED) is 0.552. The fourth-order valence-electron chi connectivity index (χ4n) is 1.48. The van der Waals surface area contributed by atoms with E-state index in [2.05, 4.69) is 9.97 Å². The summed E-state index contributed by atoms with van der Waals surface area (Å²) < 4.78 is 5.41. The summed E-state index contributed by atoms with van der Waals surface area (Å²) in [5, 5.41) is 0.233. The lowest BCUT2D eigenvalue weighted by atomic mass is 10.2. The molecule has 0 saturated heterocycles. The monoisotopic (exact) mass is 232 g/mol. The minimum Gasteiger partial charge on any atom is -0.367 e. The van der Waals surface area contributed by atoms with Crippen LogP contribution in [0.25, 0.3) is 0 Å². The molecule has 1 aliphatic rings. The first kappa shape index (κ1) is 10.1. The molecule has 0 N–H and O–H groups in total. The van der Waals surface area contributed by atoms with E-state index in [9.17, 15) is 0 Å². The van der Waals surface area contributed by atoms with Gasteiger partial charge in [0.05, 0.1) is 23.8 Å². The molecular weight excluding hydrogens is 223 g/mol. The maximum absolute atomic E-state index is 6.02. The van der Waals surface area contributed by atoms with Crippen molar-refractivity contribution in [3.05, 3.63) is 22.2 Å². The first-order valence-corrected chi connectivity index (χ1v) is 5.23. The van der Waals surface area contributed by atoms with Gasteiger partial charge in [-0.05, 0) is 13.8 Å². The second kappa shape index (κ2) is 3.65. The number of ether oxygens (including phenoxy) is 1. The second-order valence-corrected chi connectivity index (χ2v) is 4.31. The lowest BCUT2D eigenvalue weighted by Crippen LogP contribution is -2.02. The Morgan fingerprint density at radius 2 is 2.21 bits per heavy atom. The Hall–Kier alpha value is -0.380. The number of rotatable bonds is 1. The van der Waals surface area contributed by atoms with Crippen LogP contribution in [0.1, 0.15) is 42.4 Å². The molecule has 2 unspecified atom stereocenters. The summed E-state index contributed by atoms with van der Waals surface area (Å²) in [5.74, 6) is 0.563. The SMILES string of the molecule is CC(Cl)c1nc(Cl)c2c(n1)COC2C. The molecule has 0 radical (unpaired) electrons. The van der Waals surface area contributed by atoms with Crippen LogP contribution in [-0.2, 0) is 11.3 Å². The maximum Gasteiger partial charge on any atom is 0.148 e. The molecule has 1 aromatic rings. The zero-order valence-corrected chi connectivity index (χ0v) is 9.43. The number of fused-ring (bicyclic) bond motifs is 1. The van der Waals surface area contributed by atoms with E-state index in [1.165, 1.54) is 0 Å². The second-order valence-electron chi connectivity index (χ2n) is 3.30. The molecule has 0 bridgehead atoms. The van der Waals surface area contributed by atoms with Crippen LogP contribution in [0.4, 0.5) is 0 Å². The predicted octanol–water partition coefficient (Wildman–Crippen LogP) is 3.02. The van der Waals surface area contributed by atoms with Gasteiger partial charge in [-0.25, -0.2) is 9.97 Å². The number of hydrogen-bond donors (Lipinski definition) is 0. The van der Waals surface area contributed by atoms with E-state index in [1.807, 2.05) is 13.8 Å². The summed E-state index contributed by atoms with van der Waals surface area (Å²) in [4.78, 5) is 8.45. The summed E-state index contributed by atoms with van der Waals surface area (Å²) in [5.41, 5.74) is 1.76. The summed E-state index contributed by atoms with van der Waals surface area (Å²) in [7, 11) is 0. The molecule has 1 aliphatic heterocycles. The Balaban J connectivity index is 2.51. The van der Waals surface area contributed by atoms with Crippen LogP contribution < -0.4 is 0 Å². The van der Waals surface area contributed by atoms with Crippen molar-refractivity contribution >= 4 is 23.2 Å². The standard InChI is InChI=1S/C9H10Cl2N2O/c1-4(10)9-12-6-3-14-5(2)7(6)8(11)13-9/h4-5H,3H2,1-2H3. The summed E-state index contributed by atoms with van der Waals surface area (Å²) in [6, 6.07) is 0. The normalized spacial score (nSPS) is 22.1. The van der Waals surface area contributed by atoms with Gasteiger partial charge in [-0.15, -0.1) is 11.6 Å². The van der Waals surface area contributed by atoms with Crippen molar-refractivity contribution in [3.63, 3.8) is 0 Å². The molecule has 1 aromatic heterocycles. The Morgan fingerprint density at radius 1 is 1.50 bits per heavy atom. The first-order chi connectivity index (χ1) is 6.59. The highest BCUT2D eigenvalue weighted by atomic mass is 35.5. The van der Waals surface area contributed by atoms with E-state index in [0.29, 0.717) is 17.6 Å². The minimum atomic E-state index is -0.228. The molecule has 14 heavy (non-hydrogen) atoms. The van der Waals surface area contributed by atoms with Gasteiger partial charge in [-0.3, -0.25) is 0 Å². The van der Waals surface area contributed by atoms with Gasteiger partial charge in [0.2, 0.25) is 0 Å². The van der Waals surface area contributed by atoms with Gasteiger partial charge in [0.25, 0.3) is 0 Å². The summed E-state index contributed by atoms with van der Waals surface area (Å²) in [6.45, 7) is 4.25. The molecule has 2 atom stereocenters. The zero-order valence-electron chi connectivity index (χ0n) is 7.92. The van der Waals surface area contributed by atoms with E-state index >= 15 is 0 Å². The Morgan fingerprint density at radius 3 is 2.86 bits per heavy atom. The summed E-state index contributed by atoms with van der Waals surface area (Å²) in [6.07, 6.45) is -0.0165. The molecule has 2 heterocycles. The highest BCUT2D eigenvalue weighted by Gasteiger charge is 2.26. The Bertz CT molecular complexity index is 368. The number of aromatic nitrogens is 2. The van der Waals surface area contributed by atoms with E-state index < -0.39 is 0 Å². The Kier molecular flexibility index (Phi) is 2.64. The number of halogens is 2. The van der Waals surface area contributed by atoms with Crippen LogP contribution in [0.15, 0.2) is 0 Å². The van der Waals surface area contributed by atoms with Crippen LogP contribution in [-0.4, -0.2) is 9.97 Å². The smallest absolute Gasteiger partial charge is 0.148 e. The van der Waals surface area contributed by atoms with Crippen molar-refractivity contribution in [1.29, 1.82) is 0 Å². The summed E-state index contributed by atoms with van der Waals surface area (Å²) >= 11 is 11.9. The first-order valence-electron chi connectivity index (χ1n) is 4.41. The van der Waals surface area contributed by atoms with Crippen molar-refractivity contribution in [2.75, 3.05) is 0 Å². The fraction of sp³-hybridized carbons (Fsp3) is 0.556. The molecule has 0 fully saturated rings. The molecule has 76 valence electrons. The van der Waals surface area contributed by atoms with Gasteiger partial charge in [-0.1, -0.05) is 11.6 Å². The van der Waals surface area contributed by atoms with Crippen molar-refractivity contribution in [3.8, 4) is 0 Å². The fourth-order valence-corrected chi connectivity index (χ4v) is 1.93. The van der Waals surface area contributed by atoms with Crippen molar-refractivity contribution in [2.45, 2.75) is 31.9 Å². The van der Waals surface area contributed by atoms with E-state index in [0.717, 1.165) is 11.3 Å². The van der Waals surface area contributed by atoms with Gasteiger partial charge in [0, 0.05) is 5.56 Å². The van der Waals surface area contributed by atoms with Gasteiger partial charge in [0.15, 0.2) is 0 Å². The van der Waals surface area contributed by atoms with Crippen LogP contribution >= 0.6 is 23.2 Å². The third-order valence-corrected chi connectivity index (χ3v) is 2.71. The molecule has 0 aliphatic carbocycles. The van der Waals surface area contributed by atoms with Crippen LogP contribution in [0, 0.1) is 0 Å². The van der Waals surface area contributed by atoms with Crippen LogP contribution in [0.5, 0.6) is 0 Å². The molecule has 0 spiro atoms. The number of nitrogens with zero attached hydrogens (tertiary/aromatic N) is 2. The van der Waals surface area contributed by atoms with Gasteiger partial charge in [-0.2, -0.15) is 0 Å². The average molecular weight is 233 g/mol. The lowest BCUT2D eigenvalue weighted by Gasteiger charge is -2.07. The molecular formula is C9H10Cl2N2O. The zero-order chi connectivity index (χ0) is 10.3. The molecule has 2 rings (SSSR count).